The van der Waals surface area contributed by atoms with Gasteiger partial charge < -0.3 is 14.6 Å². The molecule has 3 atom stereocenters. The molecule has 2 aromatic rings. The van der Waals surface area contributed by atoms with E-state index < -0.39 is 16.0 Å². The average Bonchev–Trinajstić information content (AvgIpc) is 3.26. The highest BCUT2D eigenvalue weighted by Gasteiger charge is 2.40. The van der Waals surface area contributed by atoms with Gasteiger partial charge in [0.1, 0.15) is 22.5 Å². The van der Waals surface area contributed by atoms with Gasteiger partial charge in [-0.05, 0) is 55.7 Å². The van der Waals surface area contributed by atoms with Crippen LogP contribution in [0.1, 0.15) is 25.7 Å². The lowest BCUT2D eigenvalue weighted by molar-refractivity contribution is -0.131. The normalized spacial score (nSPS) is 26.9. The Labute approximate surface area is 183 Å². The lowest BCUT2D eigenvalue weighted by atomic mass is 9.88. The zero-order valence-electron chi connectivity index (χ0n) is 17.2. The summed E-state index contributed by atoms with van der Waals surface area (Å²) < 4.78 is 11.7. The Morgan fingerprint density at radius 1 is 1.19 bits per heavy atom. The number of carbonyl (C=O) groups is 1. The number of carboxylic acids is 1. The summed E-state index contributed by atoms with van der Waals surface area (Å²) in [6.45, 7) is 0. The topological polar surface area (TPSA) is 91.9 Å². The minimum atomic E-state index is -2.26. The highest BCUT2D eigenvalue weighted by atomic mass is 32.3. The van der Waals surface area contributed by atoms with Gasteiger partial charge in [0, 0.05) is 28.3 Å². The Morgan fingerprint density at radius 2 is 1.97 bits per heavy atom. The lowest BCUT2D eigenvalue weighted by Gasteiger charge is -2.37. The first-order valence-electron chi connectivity index (χ1n) is 10.2. The maximum absolute atomic E-state index is 12.2. The molecule has 4 rings (SSSR count). The van der Waals surface area contributed by atoms with E-state index in [-0.39, 0.29) is 16.9 Å². The van der Waals surface area contributed by atoms with E-state index in [9.17, 15) is 15.2 Å². The Hall–Kier alpha value is -3.24. The molecule has 0 radical (unpaired) electrons. The molecule has 1 aliphatic carbocycles. The van der Waals surface area contributed by atoms with Crippen LogP contribution < -0.4 is 9.47 Å². The number of ether oxygens (including phenoxy) is 2. The monoisotopic (exact) mass is 436 g/mol. The molecule has 31 heavy (non-hydrogen) atoms. The molecule has 7 heteroatoms. The predicted octanol–water partition coefficient (Wildman–Crippen LogP) is 5.35. The van der Waals surface area contributed by atoms with Crippen molar-refractivity contribution in [3.05, 3.63) is 59.6 Å². The van der Waals surface area contributed by atoms with Gasteiger partial charge in [0.2, 0.25) is 0 Å². The van der Waals surface area contributed by atoms with E-state index in [0.717, 1.165) is 29.1 Å². The third-order valence-electron chi connectivity index (χ3n) is 5.70. The first kappa shape index (κ1) is 21.0. The third-order valence-corrected chi connectivity index (χ3v) is 9.16. The number of nitrogens with zero attached hydrogens (tertiary/aromatic N) is 2. The highest BCUT2D eigenvalue weighted by molar-refractivity contribution is 8.47. The first-order valence-corrected chi connectivity index (χ1v) is 11.9. The largest absolute Gasteiger partial charge is 0.497 e. The van der Waals surface area contributed by atoms with Gasteiger partial charge in [0.25, 0.3) is 0 Å². The molecule has 0 aromatic heterocycles. The molecule has 6 nitrogen and oxygen atoms in total. The number of para-hydroxylation sites is 1. The van der Waals surface area contributed by atoms with E-state index in [1.165, 1.54) is 6.20 Å². The van der Waals surface area contributed by atoms with E-state index in [1.807, 2.05) is 48.5 Å². The second kappa shape index (κ2) is 8.86. The van der Waals surface area contributed by atoms with Crippen LogP contribution in [0, 0.1) is 17.2 Å². The van der Waals surface area contributed by atoms with Gasteiger partial charge in [0.05, 0.1) is 18.7 Å². The fourth-order valence-electron chi connectivity index (χ4n) is 4.17. The molecule has 1 aliphatic heterocycles. The minimum Gasteiger partial charge on any atom is -0.497 e. The number of aliphatic imine (C=N–C) groups is 1. The van der Waals surface area contributed by atoms with Crippen LogP contribution in [-0.2, 0) is 4.79 Å². The van der Waals surface area contributed by atoms with Crippen molar-refractivity contribution in [3.8, 4) is 17.6 Å². The first-order chi connectivity index (χ1) is 15.1. The lowest BCUT2D eigenvalue weighted by Crippen LogP contribution is -2.25. The van der Waals surface area contributed by atoms with Crippen molar-refractivity contribution < 1.29 is 19.4 Å². The van der Waals surface area contributed by atoms with Gasteiger partial charge in [-0.15, -0.1) is 10.0 Å². The molecule has 0 amide bonds. The van der Waals surface area contributed by atoms with Crippen molar-refractivity contribution in [1.82, 2.24) is 0 Å². The van der Waals surface area contributed by atoms with Crippen LogP contribution in [0.15, 0.2) is 74.4 Å². The summed E-state index contributed by atoms with van der Waals surface area (Å²) in [5, 5.41) is 19.4. The van der Waals surface area contributed by atoms with Gasteiger partial charge in [0.15, 0.2) is 0 Å². The number of aliphatic carboxylic acids is 1. The fraction of sp³-hybridized carbons (Fsp3) is 0.292. The molecule has 2 aliphatic rings. The van der Waals surface area contributed by atoms with Crippen LogP contribution in [0.5, 0.6) is 11.5 Å². The maximum Gasteiger partial charge on any atom is 0.343 e. The summed E-state index contributed by atoms with van der Waals surface area (Å²) in [7, 11) is -0.664. The number of rotatable bonds is 6. The molecule has 0 bridgehead atoms. The Kier molecular flexibility index (Phi) is 6.01. The molecule has 160 valence electrons. The van der Waals surface area contributed by atoms with E-state index in [2.05, 4.69) is 11.1 Å². The number of hydrogen-bond donors (Lipinski definition) is 1. The standard InChI is InChI=1S/C24H24N2O4S/c1-29-18-9-11-20(12-10-18)31(16-26-15-23(31)24(27)28)22-8-3-2-7-21(22)30-19-6-4-5-17(13-19)14-25/h2-3,7-12,15-17,19H,4-6,13H2,1H3,(H,27,28). The van der Waals surface area contributed by atoms with Crippen LogP contribution in [-0.4, -0.2) is 29.8 Å². The molecule has 1 saturated carbocycles. The minimum absolute atomic E-state index is 0.00340. The Morgan fingerprint density at radius 3 is 2.68 bits per heavy atom. The van der Waals surface area contributed by atoms with Crippen molar-refractivity contribution in [3.63, 3.8) is 0 Å². The Balaban J connectivity index is 1.80. The number of nitriles is 1. The smallest absolute Gasteiger partial charge is 0.343 e. The number of benzene rings is 2. The molecular weight excluding hydrogens is 412 g/mol. The van der Waals surface area contributed by atoms with Crippen LogP contribution in [0.3, 0.4) is 0 Å². The number of hydrogen-bond acceptors (Lipinski definition) is 5. The summed E-state index contributed by atoms with van der Waals surface area (Å²) in [5.41, 5.74) is 1.75. The average molecular weight is 437 g/mol. The predicted molar refractivity (Wildman–Crippen MR) is 120 cm³/mol. The van der Waals surface area contributed by atoms with Gasteiger partial charge in [-0.2, -0.15) is 5.26 Å². The van der Waals surface area contributed by atoms with Crippen LogP contribution in [0.4, 0.5) is 0 Å². The highest BCUT2D eigenvalue weighted by Crippen LogP contribution is 2.70. The summed E-state index contributed by atoms with van der Waals surface area (Å²) in [6, 6.07) is 17.4. The van der Waals surface area contributed by atoms with E-state index in [4.69, 9.17) is 9.47 Å². The van der Waals surface area contributed by atoms with Crippen molar-refractivity contribution >= 4 is 21.5 Å². The summed E-state index contributed by atoms with van der Waals surface area (Å²) in [4.78, 5) is 18.4. The second-order valence-corrected chi connectivity index (χ2v) is 10.4. The molecule has 1 heterocycles. The molecular formula is C24H24N2O4S. The Bertz CT molecular complexity index is 1070. The molecule has 2 aromatic carbocycles. The van der Waals surface area contributed by atoms with Crippen molar-refractivity contribution in [1.29, 1.82) is 5.26 Å². The van der Waals surface area contributed by atoms with Crippen LogP contribution >= 0.6 is 10.0 Å². The summed E-state index contributed by atoms with van der Waals surface area (Å²) in [6.07, 6.45) is 4.78. The maximum atomic E-state index is 12.2. The summed E-state index contributed by atoms with van der Waals surface area (Å²) >= 11 is 0. The second-order valence-electron chi connectivity index (χ2n) is 7.57. The molecule has 0 saturated heterocycles. The number of methoxy groups -OCH3 is 1. The van der Waals surface area contributed by atoms with Crippen LogP contribution in [0.25, 0.3) is 0 Å². The quantitative estimate of drug-likeness (QED) is 0.659. The van der Waals surface area contributed by atoms with Crippen LogP contribution in [0.2, 0.25) is 0 Å². The van der Waals surface area contributed by atoms with Crippen molar-refractivity contribution in [2.24, 2.45) is 10.9 Å². The fourth-order valence-corrected chi connectivity index (χ4v) is 7.30. The number of carboxylic acid groups (broad SMARTS) is 1. The van der Waals surface area contributed by atoms with E-state index in [0.29, 0.717) is 17.9 Å². The molecule has 1 fully saturated rings. The third kappa shape index (κ3) is 3.91. The van der Waals surface area contributed by atoms with E-state index >= 15 is 0 Å². The van der Waals surface area contributed by atoms with E-state index in [1.54, 1.807) is 12.7 Å². The summed E-state index contributed by atoms with van der Waals surface area (Å²) in [5.74, 6) is 0.345. The van der Waals surface area contributed by atoms with Gasteiger partial charge in [-0.1, -0.05) is 12.1 Å². The molecule has 1 N–H and O–H groups in total. The van der Waals surface area contributed by atoms with Crippen molar-refractivity contribution in [2.45, 2.75) is 41.6 Å². The zero-order chi connectivity index (χ0) is 21.8. The van der Waals surface area contributed by atoms with Gasteiger partial charge in [-0.25, -0.2) is 4.79 Å². The van der Waals surface area contributed by atoms with Gasteiger partial charge in [-0.3, -0.25) is 4.99 Å². The van der Waals surface area contributed by atoms with Crippen molar-refractivity contribution in [2.75, 3.05) is 7.11 Å². The zero-order valence-corrected chi connectivity index (χ0v) is 18.0. The molecule has 3 unspecified atom stereocenters. The molecule has 0 spiro atoms. The SMILES string of the molecule is COc1ccc(S2(c3ccccc3OC3CCCC(C#N)C3)C=NC=C2C(=O)O)cc1. The van der Waals surface area contributed by atoms with Gasteiger partial charge >= 0.3 is 5.97 Å².